The van der Waals surface area contributed by atoms with Gasteiger partial charge in [-0.2, -0.15) is 31.4 Å². The fraction of sp³-hybridized carbons (Fsp3) is 0.444. The van der Waals surface area contributed by atoms with Crippen LogP contribution in [0, 0.1) is 0 Å². The number of ether oxygens (including phenoxy) is 1. The molecule has 0 aliphatic heterocycles. The topological polar surface area (TPSA) is 56.1 Å². The van der Waals surface area contributed by atoms with E-state index in [0.29, 0.717) is 6.07 Å². The van der Waals surface area contributed by atoms with Crippen LogP contribution in [0.5, 0.6) is 0 Å². The summed E-state index contributed by atoms with van der Waals surface area (Å²) in [6.07, 6.45) is -9.56. The number of rotatable bonds is 6. The number of aryl methyl sites for hydroxylation is 1. The fourth-order valence-corrected chi connectivity index (χ4v) is 2.98. The first-order chi connectivity index (χ1) is 13.8. The number of aromatic nitrogens is 2. The molecule has 30 heavy (non-hydrogen) atoms. The number of carbonyl (C=O) groups excluding carboxylic acids is 1. The van der Waals surface area contributed by atoms with Gasteiger partial charge in [0.05, 0.1) is 17.9 Å². The predicted octanol–water partition coefficient (Wildman–Crippen LogP) is 5.78. The number of hydrogen-bond acceptors (Lipinski definition) is 4. The van der Waals surface area contributed by atoms with Crippen LogP contribution in [-0.4, -0.2) is 34.6 Å². The number of anilines is 1. The Bertz CT molecular complexity index is 924. The van der Waals surface area contributed by atoms with Gasteiger partial charge in [0.1, 0.15) is 11.1 Å². The highest BCUT2D eigenvalue weighted by Gasteiger charge is 2.38. The molecule has 166 valence electrons. The van der Waals surface area contributed by atoms with Crippen LogP contribution in [0.25, 0.3) is 11.3 Å². The molecule has 1 heterocycles. The van der Waals surface area contributed by atoms with E-state index in [1.54, 1.807) is 13.8 Å². The molecular formula is C18H18ClF6N3O2. The Morgan fingerprint density at radius 3 is 2.37 bits per heavy atom. The third-order valence-electron chi connectivity index (χ3n) is 4.12. The molecular weight excluding hydrogens is 440 g/mol. The minimum atomic E-state index is -4.91. The van der Waals surface area contributed by atoms with Crippen LogP contribution in [-0.2, 0) is 17.5 Å². The molecule has 0 aliphatic rings. The van der Waals surface area contributed by atoms with E-state index in [1.165, 1.54) is 0 Å². The number of hydrogen-bond donors (Lipinski definition) is 1. The summed E-state index contributed by atoms with van der Waals surface area (Å²) in [6, 6.07) is 0.549. The van der Waals surface area contributed by atoms with E-state index in [1.807, 2.05) is 5.32 Å². The molecule has 1 aromatic heterocycles. The van der Waals surface area contributed by atoms with Gasteiger partial charge in [-0.3, -0.25) is 4.68 Å². The highest BCUT2D eigenvalue weighted by Crippen LogP contribution is 2.42. The zero-order valence-corrected chi connectivity index (χ0v) is 16.8. The van der Waals surface area contributed by atoms with Gasteiger partial charge in [0.15, 0.2) is 5.69 Å². The maximum absolute atomic E-state index is 13.7. The van der Waals surface area contributed by atoms with Crippen LogP contribution in [0.4, 0.5) is 32.0 Å². The van der Waals surface area contributed by atoms with Crippen molar-refractivity contribution in [1.82, 2.24) is 9.78 Å². The van der Waals surface area contributed by atoms with Gasteiger partial charge in [-0.1, -0.05) is 17.7 Å². The molecule has 0 aliphatic carbocycles. The minimum absolute atomic E-state index is 0.00897. The lowest BCUT2D eigenvalue weighted by molar-refractivity contribution is -0.138. The lowest BCUT2D eigenvalue weighted by Crippen LogP contribution is -2.33. The molecule has 0 radical (unpaired) electrons. The Hall–Kier alpha value is -2.43. The second-order valence-electron chi connectivity index (χ2n) is 6.21. The first kappa shape index (κ1) is 23.8. The van der Waals surface area contributed by atoms with Crippen LogP contribution in [0.3, 0.4) is 0 Å². The lowest BCUT2D eigenvalue weighted by Gasteiger charge is -2.21. The summed E-state index contributed by atoms with van der Waals surface area (Å²) >= 11 is 6.16. The molecule has 0 fully saturated rings. The third-order valence-corrected chi connectivity index (χ3v) is 4.48. The maximum atomic E-state index is 13.7. The van der Waals surface area contributed by atoms with E-state index < -0.39 is 35.5 Å². The van der Waals surface area contributed by atoms with Gasteiger partial charge in [-0.25, -0.2) is 4.79 Å². The number of nitrogens with one attached hydrogen (secondary N) is 1. The smallest absolute Gasteiger partial charge is 0.417 e. The van der Waals surface area contributed by atoms with Crippen molar-refractivity contribution in [2.75, 3.05) is 11.9 Å². The lowest BCUT2D eigenvalue weighted by atomic mass is 10.0. The Kier molecular flexibility index (Phi) is 6.95. The van der Waals surface area contributed by atoms with Crippen molar-refractivity contribution < 1.29 is 35.9 Å². The molecule has 1 aromatic carbocycles. The van der Waals surface area contributed by atoms with Gasteiger partial charge in [-0.05, 0) is 32.9 Å². The van der Waals surface area contributed by atoms with E-state index in [2.05, 4.69) is 5.10 Å². The summed E-state index contributed by atoms with van der Waals surface area (Å²) in [5, 5.41) is 5.59. The van der Waals surface area contributed by atoms with Crippen LogP contribution in [0.15, 0.2) is 18.2 Å². The highest BCUT2D eigenvalue weighted by molar-refractivity contribution is 6.35. The van der Waals surface area contributed by atoms with Gasteiger partial charge >= 0.3 is 18.3 Å². The predicted molar refractivity (Wildman–Crippen MR) is 98.4 cm³/mol. The van der Waals surface area contributed by atoms with E-state index in [9.17, 15) is 31.1 Å². The average Bonchev–Trinajstić information content (AvgIpc) is 2.97. The largest absolute Gasteiger partial charge is 0.461 e. The molecule has 1 N–H and O–H groups in total. The average molecular weight is 458 g/mol. The normalized spacial score (nSPS) is 13.3. The van der Waals surface area contributed by atoms with Gasteiger partial charge in [0.25, 0.3) is 0 Å². The molecule has 1 atom stereocenters. The fourth-order valence-electron chi connectivity index (χ4n) is 2.66. The second kappa shape index (κ2) is 8.75. The first-order valence-electron chi connectivity index (χ1n) is 8.79. The third kappa shape index (κ3) is 5.00. The first-order valence-corrected chi connectivity index (χ1v) is 9.17. The molecule has 0 spiro atoms. The van der Waals surface area contributed by atoms with Crippen LogP contribution >= 0.6 is 11.6 Å². The molecule has 12 heteroatoms. The van der Waals surface area contributed by atoms with E-state index in [4.69, 9.17) is 16.3 Å². The van der Waals surface area contributed by atoms with E-state index in [0.717, 1.165) is 23.7 Å². The van der Waals surface area contributed by atoms with Crippen molar-refractivity contribution in [2.45, 2.75) is 45.7 Å². The molecule has 2 rings (SSSR count). The quantitative estimate of drug-likeness (QED) is 0.441. The second-order valence-corrected chi connectivity index (χ2v) is 6.59. The van der Waals surface area contributed by atoms with Gasteiger partial charge < -0.3 is 10.1 Å². The summed E-state index contributed by atoms with van der Waals surface area (Å²) in [5.41, 5.74) is -2.57. The van der Waals surface area contributed by atoms with Crippen LogP contribution < -0.4 is 5.32 Å². The van der Waals surface area contributed by atoms with Crippen molar-refractivity contribution in [2.24, 2.45) is 0 Å². The Balaban J connectivity index is 2.63. The van der Waals surface area contributed by atoms with E-state index >= 15 is 0 Å². The summed E-state index contributed by atoms with van der Waals surface area (Å²) < 4.78 is 85.3. The monoisotopic (exact) mass is 457 g/mol. The standard InChI is InChI=1S/C18H18ClF6N3O2/c1-4-28-15(13(19)14(27-28)16(29)30-5-2)11-7-6-10(8-12(11)18(23,24)25)26-9(3)17(20,21)22/h6-9,26H,4-5H2,1-3H3. The van der Waals surface area contributed by atoms with Gasteiger partial charge in [-0.15, -0.1) is 0 Å². The van der Waals surface area contributed by atoms with Gasteiger partial charge in [0.2, 0.25) is 0 Å². The number of carbonyl (C=O) groups is 1. The number of alkyl halides is 6. The zero-order chi connectivity index (χ0) is 22.9. The van der Waals surface area contributed by atoms with Crippen molar-refractivity contribution in [3.05, 3.63) is 34.5 Å². The molecule has 2 aromatic rings. The minimum Gasteiger partial charge on any atom is -0.461 e. The number of esters is 1. The highest BCUT2D eigenvalue weighted by atomic mass is 35.5. The summed E-state index contributed by atoms with van der Waals surface area (Å²) in [5.74, 6) is -0.901. The Morgan fingerprint density at radius 2 is 1.87 bits per heavy atom. The van der Waals surface area contributed by atoms with Crippen molar-refractivity contribution >= 4 is 23.3 Å². The summed E-state index contributed by atoms with van der Waals surface area (Å²) in [6.45, 7) is 4.00. The summed E-state index contributed by atoms with van der Waals surface area (Å²) in [7, 11) is 0. The molecule has 0 amide bonds. The molecule has 0 bridgehead atoms. The number of nitrogens with zero attached hydrogens (tertiary/aromatic N) is 2. The maximum Gasteiger partial charge on any atom is 0.417 e. The Labute approximate surface area is 173 Å². The van der Waals surface area contributed by atoms with Gasteiger partial charge in [0, 0.05) is 17.8 Å². The van der Waals surface area contributed by atoms with Crippen LogP contribution in [0.1, 0.15) is 36.8 Å². The number of halogens is 7. The Morgan fingerprint density at radius 1 is 1.23 bits per heavy atom. The zero-order valence-electron chi connectivity index (χ0n) is 16.1. The van der Waals surface area contributed by atoms with Crippen molar-refractivity contribution in [1.29, 1.82) is 0 Å². The van der Waals surface area contributed by atoms with Crippen molar-refractivity contribution in [3.8, 4) is 11.3 Å². The number of benzene rings is 1. The molecule has 1 unspecified atom stereocenters. The molecule has 5 nitrogen and oxygen atoms in total. The SMILES string of the molecule is CCOC(=O)c1nn(CC)c(-c2ccc(NC(C)C(F)(F)F)cc2C(F)(F)F)c1Cl. The summed E-state index contributed by atoms with van der Waals surface area (Å²) in [4.78, 5) is 12.0. The van der Waals surface area contributed by atoms with E-state index in [-0.39, 0.29) is 35.2 Å². The molecule has 0 saturated carbocycles. The van der Waals surface area contributed by atoms with Crippen molar-refractivity contribution in [3.63, 3.8) is 0 Å². The van der Waals surface area contributed by atoms with Crippen LogP contribution in [0.2, 0.25) is 5.02 Å². The molecule has 0 saturated heterocycles.